The van der Waals surface area contributed by atoms with Crippen LogP contribution in [0.5, 0.6) is 0 Å². The summed E-state index contributed by atoms with van der Waals surface area (Å²) in [6.45, 7) is 2.05. The highest BCUT2D eigenvalue weighted by Gasteiger charge is 2.11. The fourth-order valence-electron chi connectivity index (χ4n) is 1.32. The maximum atomic E-state index is 11.7. The molecule has 1 aromatic carbocycles. The predicted molar refractivity (Wildman–Crippen MR) is 69.5 cm³/mol. The lowest BCUT2D eigenvalue weighted by Crippen LogP contribution is -2.26. The summed E-state index contributed by atoms with van der Waals surface area (Å²) in [5.74, 6) is 5.40. The largest absolute Gasteiger partial charge is 0.398 e. The second kappa shape index (κ2) is 6.28. The first-order valence-electron chi connectivity index (χ1n) is 5.25. The van der Waals surface area contributed by atoms with Crippen LogP contribution in [0.15, 0.2) is 24.3 Å². The van der Waals surface area contributed by atoms with E-state index in [9.17, 15) is 8.42 Å². The van der Waals surface area contributed by atoms with E-state index in [-0.39, 0.29) is 5.75 Å². The van der Waals surface area contributed by atoms with Gasteiger partial charge in [-0.2, -0.15) is 0 Å². The van der Waals surface area contributed by atoms with Crippen LogP contribution in [-0.2, 0) is 15.8 Å². The SMILES string of the molecule is CC#CCCNS(=O)(=O)Cc1ccccc1N. The van der Waals surface area contributed by atoms with Crippen molar-refractivity contribution in [2.45, 2.75) is 19.1 Å². The first kappa shape index (κ1) is 13.6. The Labute approximate surface area is 102 Å². The normalized spacial score (nSPS) is 10.6. The lowest BCUT2D eigenvalue weighted by Gasteiger charge is -2.07. The molecule has 0 aliphatic rings. The second-order valence-corrected chi connectivity index (χ2v) is 5.34. The van der Waals surface area contributed by atoms with Crippen LogP contribution in [0, 0.1) is 11.8 Å². The van der Waals surface area contributed by atoms with E-state index in [0.29, 0.717) is 24.2 Å². The van der Waals surface area contributed by atoms with Crippen molar-refractivity contribution >= 4 is 15.7 Å². The Morgan fingerprint density at radius 3 is 2.71 bits per heavy atom. The van der Waals surface area contributed by atoms with Crippen LogP contribution in [0.1, 0.15) is 18.9 Å². The molecule has 0 saturated carbocycles. The number of hydrogen-bond donors (Lipinski definition) is 2. The van der Waals surface area contributed by atoms with E-state index in [2.05, 4.69) is 16.6 Å². The first-order chi connectivity index (χ1) is 8.05. The first-order valence-corrected chi connectivity index (χ1v) is 6.91. The van der Waals surface area contributed by atoms with Crippen molar-refractivity contribution in [1.29, 1.82) is 0 Å². The van der Waals surface area contributed by atoms with E-state index in [1.165, 1.54) is 0 Å². The molecule has 92 valence electrons. The molecule has 5 heteroatoms. The zero-order valence-electron chi connectivity index (χ0n) is 9.73. The Bertz CT molecular complexity index is 527. The van der Waals surface area contributed by atoms with Gasteiger partial charge in [-0.1, -0.05) is 18.2 Å². The fourth-order valence-corrected chi connectivity index (χ4v) is 2.50. The van der Waals surface area contributed by atoms with Crippen LogP contribution >= 0.6 is 0 Å². The highest BCUT2D eigenvalue weighted by Crippen LogP contribution is 2.13. The summed E-state index contributed by atoms with van der Waals surface area (Å²) in [4.78, 5) is 0. The molecule has 0 aromatic heterocycles. The number of hydrogen-bond acceptors (Lipinski definition) is 3. The van der Waals surface area contributed by atoms with E-state index in [1.54, 1.807) is 31.2 Å². The molecule has 3 N–H and O–H groups in total. The van der Waals surface area contributed by atoms with Crippen LogP contribution in [-0.4, -0.2) is 15.0 Å². The third kappa shape index (κ3) is 4.89. The fraction of sp³-hybridized carbons (Fsp3) is 0.333. The smallest absolute Gasteiger partial charge is 0.215 e. The monoisotopic (exact) mass is 252 g/mol. The second-order valence-electron chi connectivity index (χ2n) is 3.53. The summed E-state index contributed by atoms with van der Waals surface area (Å²) in [6, 6.07) is 6.94. The van der Waals surface area contributed by atoms with Crippen LogP contribution in [0.3, 0.4) is 0 Å². The van der Waals surface area contributed by atoms with Crippen LogP contribution in [0.4, 0.5) is 5.69 Å². The average molecular weight is 252 g/mol. The van der Waals surface area contributed by atoms with Gasteiger partial charge in [0.05, 0.1) is 5.75 Å². The quantitative estimate of drug-likeness (QED) is 0.468. The number of para-hydroxylation sites is 1. The van der Waals surface area contributed by atoms with Crippen LogP contribution in [0.25, 0.3) is 0 Å². The summed E-state index contributed by atoms with van der Waals surface area (Å²) in [7, 11) is -3.34. The molecule has 0 unspecified atom stereocenters. The predicted octanol–water partition coefficient (Wildman–Crippen LogP) is 1.10. The Morgan fingerprint density at radius 1 is 1.35 bits per heavy atom. The van der Waals surface area contributed by atoms with E-state index >= 15 is 0 Å². The number of nitrogens with two attached hydrogens (primary N) is 1. The third-order valence-electron chi connectivity index (χ3n) is 2.15. The summed E-state index contributed by atoms with van der Waals surface area (Å²) < 4.78 is 25.9. The van der Waals surface area contributed by atoms with Gasteiger partial charge in [-0.05, 0) is 18.6 Å². The van der Waals surface area contributed by atoms with E-state index in [4.69, 9.17) is 5.73 Å². The minimum atomic E-state index is -3.34. The number of rotatable bonds is 5. The number of nitrogens with one attached hydrogen (secondary N) is 1. The highest BCUT2D eigenvalue weighted by atomic mass is 32.2. The summed E-state index contributed by atoms with van der Waals surface area (Å²) in [5.41, 5.74) is 6.79. The molecule has 1 aromatic rings. The maximum absolute atomic E-state index is 11.7. The van der Waals surface area contributed by atoms with E-state index in [0.717, 1.165) is 0 Å². The number of benzene rings is 1. The zero-order valence-corrected chi connectivity index (χ0v) is 10.5. The van der Waals surface area contributed by atoms with Gasteiger partial charge in [0, 0.05) is 18.7 Å². The van der Waals surface area contributed by atoms with Gasteiger partial charge in [0.2, 0.25) is 10.0 Å². The number of anilines is 1. The van der Waals surface area contributed by atoms with Gasteiger partial charge in [0.15, 0.2) is 0 Å². The van der Waals surface area contributed by atoms with Crippen LogP contribution < -0.4 is 10.5 Å². The van der Waals surface area contributed by atoms with E-state index < -0.39 is 10.0 Å². The maximum Gasteiger partial charge on any atom is 0.215 e. The molecule has 0 fully saturated rings. The molecule has 0 radical (unpaired) electrons. The van der Waals surface area contributed by atoms with Gasteiger partial charge in [-0.25, -0.2) is 13.1 Å². The lowest BCUT2D eigenvalue weighted by molar-refractivity contribution is 0.581. The molecular weight excluding hydrogens is 236 g/mol. The molecule has 0 saturated heterocycles. The van der Waals surface area contributed by atoms with E-state index in [1.807, 2.05) is 0 Å². The summed E-state index contributed by atoms with van der Waals surface area (Å²) >= 11 is 0. The van der Waals surface area contributed by atoms with Crippen molar-refractivity contribution < 1.29 is 8.42 Å². The number of sulfonamides is 1. The summed E-state index contributed by atoms with van der Waals surface area (Å²) in [6.07, 6.45) is 0.514. The number of nitrogen functional groups attached to an aromatic ring is 1. The molecule has 0 spiro atoms. The minimum absolute atomic E-state index is 0.0980. The molecular formula is C12H16N2O2S. The Kier molecular flexibility index (Phi) is 5.01. The lowest BCUT2D eigenvalue weighted by atomic mass is 10.2. The molecule has 0 amide bonds. The molecule has 0 bridgehead atoms. The standard InChI is InChI=1S/C12H16N2O2S/c1-2-3-6-9-14-17(15,16)10-11-7-4-5-8-12(11)13/h4-5,7-8,14H,6,9-10,13H2,1H3. The van der Waals surface area contributed by atoms with Crippen molar-refractivity contribution in [3.05, 3.63) is 29.8 Å². The molecule has 0 aliphatic heterocycles. The Morgan fingerprint density at radius 2 is 2.06 bits per heavy atom. The van der Waals surface area contributed by atoms with Crippen molar-refractivity contribution in [1.82, 2.24) is 4.72 Å². The topological polar surface area (TPSA) is 72.2 Å². The molecule has 1 rings (SSSR count). The average Bonchev–Trinajstić information content (AvgIpc) is 2.28. The molecule has 0 aliphatic carbocycles. The molecule has 17 heavy (non-hydrogen) atoms. The van der Waals surface area contributed by atoms with Gasteiger partial charge in [-0.15, -0.1) is 11.8 Å². The van der Waals surface area contributed by atoms with Gasteiger partial charge in [0.25, 0.3) is 0 Å². The summed E-state index contributed by atoms with van der Waals surface area (Å²) in [5, 5.41) is 0. The van der Waals surface area contributed by atoms with Crippen molar-refractivity contribution in [3.8, 4) is 11.8 Å². The zero-order chi connectivity index (χ0) is 12.7. The molecule has 4 nitrogen and oxygen atoms in total. The van der Waals surface area contributed by atoms with Gasteiger partial charge in [-0.3, -0.25) is 0 Å². The van der Waals surface area contributed by atoms with Gasteiger partial charge >= 0.3 is 0 Å². The third-order valence-corrected chi connectivity index (χ3v) is 3.48. The van der Waals surface area contributed by atoms with Crippen LogP contribution in [0.2, 0.25) is 0 Å². The Balaban J connectivity index is 2.60. The van der Waals surface area contributed by atoms with Crippen molar-refractivity contribution in [2.24, 2.45) is 0 Å². The molecule has 0 atom stereocenters. The van der Waals surface area contributed by atoms with Gasteiger partial charge in [0.1, 0.15) is 0 Å². The van der Waals surface area contributed by atoms with Crippen molar-refractivity contribution in [3.63, 3.8) is 0 Å². The Hall–Kier alpha value is -1.51. The van der Waals surface area contributed by atoms with Crippen molar-refractivity contribution in [2.75, 3.05) is 12.3 Å². The van der Waals surface area contributed by atoms with Gasteiger partial charge < -0.3 is 5.73 Å². The minimum Gasteiger partial charge on any atom is -0.398 e. The molecule has 0 heterocycles. The highest BCUT2D eigenvalue weighted by molar-refractivity contribution is 7.88.